The summed E-state index contributed by atoms with van der Waals surface area (Å²) < 4.78 is 29.1. The molecule has 0 fully saturated rings. The molecule has 0 unspecified atom stereocenters. The Morgan fingerprint density at radius 1 is 1.14 bits per heavy atom. The fourth-order valence-electron chi connectivity index (χ4n) is 2.41. The number of sulfonamides is 1. The smallest absolute Gasteiger partial charge is 0.263 e. The highest BCUT2D eigenvalue weighted by Gasteiger charge is 2.21. The van der Waals surface area contributed by atoms with E-state index in [0.29, 0.717) is 15.2 Å². The molecule has 0 saturated carbocycles. The van der Waals surface area contributed by atoms with Crippen LogP contribution in [-0.4, -0.2) is 30.8 Å². The summed E-state index contributed by atoms with van der Waals surface area (Å²) in [6.07, 6.45) is 1.85. The first kappa shape index (κ1) is 21.6. The van der Waals surface area contributed by atoms with E-state index in [1.54, 1.807) is 13.0 Å². The lowest BCUT2D eigenvalue weighted by atomic mass is 10.1. The third kappa shape index (κ3) is 5.08. The lowest BCUT2D eigenvalue weighted by Gasteiger charge is -2.13. The maximum absolute atomic E-state index is 12.9. The SMILES string of the molecule is CSc1nnc(NC(=O)c2ccc(Cl)c(S(=O)(=O)Nc3cc(C)ccc3C)c2)s1. The van der Waals surface area contributed by atoms with Crippen molar-refractivity contribution >= 4 is 61.4 Å². The molecule has 0 atom stereocenters. The number of thioether (sulfide) groups is 1. The molecule has 11 heteroatoms. The minimum Gasteiger partial charge on any atom is -0.296 e. The number of aryl methyl sites for hydroxylation is 2. The Kier molecular flexibility index (Phi) is 6.47. The Bertz CT molecular complexity index is 1180. The quantitative estimate of drug-likeness (QED) is 0.405. The average Bonchev–Trinajstić information content (AvgIpc) is 3.12. The van der Waals surface area contributed by atoms with Gasteiger partial charge in [0.2, 0.25) is 5.13 Å². The monoisotopic (exact) mass is 468 g/mol. The summed E-state index contributed by atoms with van der Waals surface area (Å²) in [6.45, 7) is 3.67. The van der Waals surface area contributed by atoms with E-state index in [9.17, 15) is 13.2 Å². The second-order valence-electron chi connectivity index (χ2n) is 6.10. The predicted molar refractivity (Wildman–Crippen MR) is 118 cm³/mol. The summed E-state index contributed by atoms with van der Waals surface area (Å²) in [4.78, 5) is 12.3. The Balaban J connectivity index is 1.89. The Morgan fingerprint density at radius 2 is 1.90 bits per heavy atom. The van der Waals surface area contributed by atoms with Gasteiger partial charge in [-0.1, -0.05) is 46.8 Å². The molecule has 1 amide bonds. The molecule has 1 heterocycles. The van der Waals surface area contributed by atoms with Crippen LogP contribution in [0.25, 0.3) is 0 Å². The second kappa shape index (κ2) is 8.70. The van der Waals surface area contributed by atoms with Gasteiger partial charge in [0.1, 0.15) is 4.90 Å². The maximum atomic E-state index is 12.9. The minimum absolute atomic E-state index is 0.0138. The van der Waals surface area contributed by atoms with Crippen molar-refractivity contribution in [1.29, 1.82) is 0 Å². The van der Waals surface area contributed by atoms with Gasteiger partial charge in [0, 0.05) is 5.56 Å². The van der Waals surface area contributed by atoms with Crippen molar-refractivity contribution in [2.75, 3.05) is 16.3 Å². The van der Waals surface area contributed by atoms with Crippen molar-refractivity contribution in [1.82, 2.24) is 10.2 Å². The molecule has 7 nitrogen and oxygen atoms in total. The normalized spacial score (nSPS) is 11.3. The number of nitrogens with zero attached hydrogens (tertiary/aromatic N) is 2. The first-order valence-corrected chi connectivity index (χ1v) is 12.2. The fraction of sp³-hybridized carbons (Fsp3) is 0.167. The topological polar surface area (TPSA) is 101 Å². The number of benzene rings is 2. The Labute approximate surface area is 182 Å². The molecule has 152 valence electrons. The molecule has 0 aliphatic heterocycles. The summed E-state index contributed by atoms with van der Waals surface area (Å²) in [7, 11) is -4.00. The van der Waals surface area contributed by atoms with Gasteiger partial charge in [-0.3, -0.25) is 14.8 Å². The summed E-state index contributed by atoms with van der Waals surface area (Å²) in [5.41, 5.74) is 2.27. The van der Waals surface area contributed by atoms with Crippen LogP contribution in [0.2, 0.25) is 5.02 Å². The van der Waals surface area contributed by atoms with Gasteiger partial charge in [0.05, 0.1) is 10.7 Å². The molecule has 3 rings (SSSR count). The number of carbonyl (C=O) groups is 1. The number of nitrogens with one attached hydrogen (secondary N) is 2. The highest BCUT2D eigenvalue weighted by molar-refractivity contribution is 8.00. The second-order valence-corrected chi connectivity index (χ2v) is 10.2. The van der Waals surface area contributed by atoms with Crippen molar-refractivity contribution in [3.05, 3.63) is 58.1 Å². The van der Waals surface area contributed by atoms with Gasteiger partial charge in [-0.25, -0.2) is 8.42 Å². The highest BCUT2D eigenvalue weighted by atomic mass is 35.5. The van der Waals surface area contributed by atoms with E-state index in [1.807, 2.05) is 25.3 Å². The number of amides is 1. The summed E-state index contributed by atoms with van der Waals surface area (Å²) in [5.74, 6) is -0.506. The zero-order valence-electron chi connectivity index (χ0n) is 15.7. The largest absolute Gasteiger partial charge is 0.296 e. The summed E-state index contributed by atoms with van der Waals surface area (Å²) in [5, 5.41) is 10.7. The summed E-state index contributed by atoms with van der Waals surface area (Å²) in [6, 6.07) is 9.51. The van der Waals surface area contributed by atoms with Crippen molar-refractivity contribution in [3.63, 3.8) is 0 Å². The van der Waals surface area contributed by atoms with E-state index in [1.165, 1.54) is 41.3 Å². The number of anilines is 2. The molecular formula is C18H17ClN4O3S3. The molecule has 0 saturated heterocycles. The number of carbonyl (C=O) groups excluding carboxylic acids is 1. The van der Waals surface area contributed by atoms with Crippen molar-refractivity contribution in [2.45, 2.75) is 23.1 Å². The van der Waals surface area contributed by atoms with Crippen molar-refractivity contribution in [3.8, 4) is 0 Å². The molecule has 0 aliphatic rings. The molecule has 0 aliphatic carbocycles. The Morgan fingerprint density at radius 3 is 2.59 bits per heavy atom. The fourth-order valence-corrected chi connectivity index (χ4v) is 5.22. The van der Waals surface area contributed by atoms with Gasteiger partial charge in [0.15, 0.2) is 4.34 Å². The molecule has 0 spiro atoms. The standard InChI is InChI=1S/C18H17ClN4O3S3/c1-10-4-5-11(2)14(8-10)23-29(25,26)15-9-12(6-7-13(15)19)16(24)20-17-21-22-18(27-3)28-17/h4-9,23H,1-3H3,(H,20,21,24). The van der Waals surface area contributed by atoms with E-state index >= 15 is 0 Å². The van der Waals surface area contributed by atoms with Crippen LogP contribution in [0.3, 0.4) is 0 Å². The van der Waals surface area contributed by atoms with Crippen molar-refractivity contribution < 1.29 is 13.2 Å². The molecule has 2 aromatic carbocycles. The van der Waals surface area contributed by atoms with E-state index in [-0.39, 0.29) is 15.5 Å². The highest BCUT2D eigenvalue weighted by Crippen LogP contribution is 2.28. The van der Waals surface area contributed by atoms with Crippen LogP contribution in [0.1, 0.15) is 21.5 Å². The number of rotatable bonds is 6. The van der Waals surface area contributed by atoms with Gasteiger partial charge < -0.3 is 0 Å². The van der Waals surface area contributed by atoms with E-state index in [4.69, 9.17) is 11.6 Å². The van der Waals surface area contributed by atoms with Gasteiger partial charge in [-0.15, -0.1) is 10.2 Å². The average molecular weight is 469 g/mol. The number of hydrogen-bond acceptors (Lipinski definition) is 7. The van der Waals surface area contributed by atoms with Gasteiger partial charge in [-0.2, -0.15) is 0 Å². The molecular weight excluding hydrogens is 452 g/mol. The molecule has 0 bridgehead atoms. The van der Waals surface area contributed by atoms with Gasteiger partial charge >= 0.3 is 0 Å². The number of aromatic nitrogens is 2. The van der Waals surface area contributed by atoms with Crippen LogP contribution in [0.4, 0.5) is 10.8 Å². The summed E-state index contributed by atoms with van der Waals surface area (Å²) >= 11 is 8.77. The van der Waals surface area contributed by atoms with Crippen LogP contribution in [0.5, 0.6) is 0 Å². The van der Waals surface area contributed by atoms with E-state index in [2.05, 4.69) is 20.2 Å². The number of hydrogen-bond donors (Lipinski definition) is 2. The zero-order valence-corrected chi connectivity index (χ0v) is 18.9. The molecule has 1 aromatic heterocycles. The molecule has 0 radical (unpaired) electrons. The maximum Gasteiger partial charge on any atom is 0.263 e. The number of halogens is 1. The van der Waals surface area contributed by atoms with Gasteiger partial charge in [0.25, 0.3) is 15.9 Å². The molecule has 2 N–H and O–H groups in total. The van der Waals surface area contributed by atoms with Crippen LogP contribution in [-0.2, 0) is 10.0 Å². The van der Waals surface area contributed by atoms with Crippen LogP contribution < -0.4 is 10.0 Å². The van der Waals surface area contributed by atoms with Crippen molar-refractivity contribution in [2.24, 2.45) is 0 Å². The van der Waals surface area contributed by atoms with Crippen LogP contribution >= 0.6 is 34.7 Å². The first-order chi connectivity index (χ1) is 13.7. The van der Waals surface area contributed by atoms with Crippen LogP contribution in [0.15, 0.2) is 45.6 Å². The third-order valence-corrected chi connectivity index (χ3v) is 7.58. The first-order valence-electron chi connectivity index (χ1n) is 8.28. The lowest BCUT2D eigenvalue weighted by Crippen LogP contribution is -2.17. The van der Waals surface area contributed by atoms with Gasteiger partial charge in [-0.05, 0) is 55.5 Å². The molecule has 29 heavy (non-hydrogen) atoms. The minimum atomic E-state index is -4.00. The lowest BCUT2D eigenvalue weighted by molar-refractivity contribution is 0.102. The van der Waals surface area contributed by atoms with E-state index < -0.39 is 15.9 Å². The molecule has 3 aromatic rings. The Hall–Kier alpha value is -2.14. The van der Waals surface area contributed by atoms with Crippen LogP contribution in [0, 0.1) is 13.8 Å². The zero-order chi connectivity index (χ0) is 21.2. The third-order valence-electron chi connectivity index (χ3n) is 3.92. The predicted octanol–water partition coefficient (Wildman–Crippen LogP) is 4.58. The van der Waals surface area contributed by atoms with E-state index in [0.717, 1.165) is 11.1 Å².